The fourth-order valence-electron chi connectivity index (χ4n) is 2.32. The summed E-state index contributed by atoms with van der Waals surface area (Å²) in [5, 5.41) is 6.23. The first-order valence-electron chi connectivity index (χ1n) is 8.67. The Morgan fingerprint density at radius 3 is 2.22 bits per heavy atom. The normalized spacial score (nSPS) is 10.7. The number of nitrogens with one attached hydrogen (secondary N) is 2. The largest absolute Gasteiger partial charge is 0.356 e. The second-order valence-electron chi connectivity index (χ2n) is 5.81. The van der Waals surface area contributed by atoms with Gasteiger partial charge >= 0.3 is 0 Å². The predicted molar refractivity (Wildman–Crippen MR) is 118 cm³/mol. The summed E-state index contributed by atoms with van der Waals surface area (Å²) in [4.78, 5) is 26.6. The van der Waals surface area contributed by atoms with Crippen LogP contribution in [0.3, 0.4) is 0 Å². The van der Waals surface area contributed by atoms with Crippen molar-refractivity contribution in [2.24, 2.45) is 4.99 Å². The summed E-state index contributed by atoms with van der Waals surface area (Å²) in [6, 6.07) is 11.6. The molecule has 2 rings (SSSR count). The van der Waals surface area contributed by atoms with E-state index in [0.717, 1.165) is 24.2 Å². The predicted octanol–water partition coefficient (Wildman–Crippen LogP) is 1.50. The fourth-order valence-corrected chi connectivity index (χ4v) is 2.32. The van der Waals surface area contributed by atoms with Crippen LogP contribution >= 0.6 is 24.0 Å². The molecule has 2 N–H and O–H groups in total. The summed E-state index contributed by atoms with van der Waals surface area (Å²) in [6.45, 7) is 1.52. The Morgan fingerprint density at radius 2 is 1.67 bits per heavy atom. The molecule has 0 fully saturated rings. The molecule has 0 radical (unpaired) electrons. The minimum atomic E-state index is 0. The van der Waals surface area contributed by atoms with E-state index in [9.17, 15) is 4.79 Å². The molecule has 8 heteroatoms. The maximum absolute atomic E-state index is 12.2. The van der Waals surface area contributed by atoms with Gasteiger partial charge in [0.25, 0.3) is 0 Å². The number of hydrogen-bond donors (Lipinski definition) is 2. The highest BCUT2D eigenvalue weighted by atomic mass is 127. The highest BCUT2D eigenvalue weighted by Gasteiger charge is 2.09. The number of likely N-dealkylation sites (N-methyl/N-ethyl adjacent to an activating group) is 1. The number of hydrogen-bond acceptors (Lipinski definition) is 4. The van der Waals surface area contributed by atoms with Crippen molar-refractivity contribution in [1.82, 2.24) is 25.5 Å². The average molecular weight is 482 g/mol. The zero-order chi connectivity index (χ0) is 18.6. The van der Waals surface area contributed by atoms with Gasteiger partial charge < -0.3 is 15.5 Å². The van der Waals surface area contributed by atoms with E-state index in [1.54, 1.807) is 31.4 Å². The Hall–Kier alpha value is -2.23. The Kier molecular flexibility index (Phi) is 11.0. The average Bonchev–Trinajstić information content (AvgIpc) is 2.70. The van der Waals surface area contributed by atoms with E-state index in [-0.39, 0.29) is 36.4 Å². The van der Waals surface area contributed by atoms with E-state index in [1.165, 1.54) is 0 Å². The molecule has 2 aromatic rings. The van der Waals surface area contributed by atoms with Gasteiger partial charge in [-0.2, -0.15) is 0 Å². The van der Waals surface area contributed by atoms with Crippen molar-refractivity contribution >= 4 is 35.8 Å². The molecule has 0 aliphatic heterocycles. The Morgan fingerprint density at radius 1 is 1.04 bits per heavy atom. The maximum Gasteiger partial charge on any atom is 0.241 e. The highest BCUT2D eigenvalue weighted by Crippen LogP contribution is 1.97. The molecule has 0 spiro atoms. The van der Waals surface area contributed by atoms with Crippen LogP contribution < -0.4 is 10.6 Å². The van der Waals surface area contributed by atoms with Crippen LogP contribution in [0, 0.1) is 0 Å². The number of carbonyl (C=O) groups is 1. The quantitative estimate of drug-likeness (QED) is 0.339. The summed E-state index contributed by atoms with van der Waals surface area (Å²) >= 11 is 0. The van der Waals surface area contributed by atoms with Crippen molar-refractivity contribution in [2.75, 3.05) is 33.7 Å². The molecule has 0 atom stereocenters. The van der Waals surface area contributed by atoms with Gasteiger partial charge in [-0.15, -0.1) is 24.0 Å². The first-order chi connectivity index (χ1) is 12.7. The van der Waals surface area contributed by atoms with Crippen LogP contribution in [0.15, 0.2) is 53.8 Å². The van der Waals surface area contributed by atoms with Gasteiger partial charge in [-0.3, -0.25) is 19.8 Å². The van der Waals surface area contributed by atoms with Crippen molar-refractivity contribution in [3.63, 3.8) is 0 Å². The van der Waals surface area contributed by atoms with Gasteiger partial charge in [0, 0.05) is 63.8 Å². The SMILES string of the molecule is CN=C(NCCc1ccccn1)NCC(=O)N(C)CCc1ccccn1.I. The van der Waals surface area contributed by atoms with Gasteiger partial charge in [-0.1, -0.05) is 12.1 Å². The zero-order valence-electron chi connectivity index (χ0n) is 15.8. The van der Waals surface area contributed by atoms with E-state index < -0.39 is 0 Å². The highest BCUT2D eigenvalue weighted by molar-refractivity contribution is 14.0. The number of aliphatic imine (C=N–C) groups is 1. The number of pyridine rings is 2. The molecule has 0 aromatic carbocycles. The maximum atomic E-state index is 12.2. The molecule has 146 valence electrons. The third-order valence-electron chi connectivity index (χ3n) is 3.89. The number of nitrogens with zero attached hydrogens (tertiary/aromatic N) is 4. The third kappa shape index (κ3) is 8.80. The van der Waals surface area contributed by atoms with Crippen LogP contribution in [0.1, 0.15) is 11.4 Å². The van der Waals surface area contributed by atoms with Crippen LogP contribution in [0.5, 0.6) is 0 Å². The first-order valence-corrected chi connectivity index (χ1v) is 8.67. The minimum Gasteiger partial charge on any atom is -0.356 e. The van der Waals surface area contributed by atoms with Crippen molar-refractivity contribution in [1.29, 1.82) is 0 Å². The van der Waals surface area contributed by atoms with E-state index in [0.29, 0.717) is 19.0 Å². The number of carbonyl (C=O) groups excluding carboxylic acids is 1. The van der Waals surface area contributed by atoms with Crippen molar-refractivity contribution in [3.05, 3.63) is 60.2 Å². The lowest BCUT2D eigenvalue weighted by molar-refractivity contribution is -0.128. The number of amides is 1. The Bertz CT molecular complexity index is 696. The molecule has 0 bridgehead atoms. The monoisotopic (exact) mass is 482 g/mol. The molecule has 0 saturated carbocycles. The van der Waals surface area contributed by atoms with E-state index in [2.05, 4.69) is 25.6 Å². The molecule has 0 unspecified atom stereocenters. The van der Waals surface area contributed by atoms with Gasteiger partial charge in [0.05, 0.1) is 6.54 Å². The first kappa shape index (κ1) is 22.8. The van der Waals surface area contributed by atoms with E-state index in [4.69, 9.17) is 0 Å². The van der Waals surface area contributed by atoms with E-state index >= 15 is 0 Å². The van der Waals surface area contributed by atoms with Gasteiger partial charge in [0.1, 0.15) is 0 Å². The summed E-state index contributed by atoms with van der Waals surface area (Å²) in [6.07, 6.45) is 5.07. The topological polar surface area (TPSA) is 82.5 Å². The smallest absolute Gasteiger partial charge is 0.241 e. The summed E-state index contributed by atoms with van der Waals surface area (Å²) < 4.78 is 0. The fraction of sp³-hybridized carbons (Fsp3) is 0.368. The van der Waals surface area contributed by atoms with E-state index in [1.807, 2.05) is 36.4 Å². The van der Waals surface area contributed by atoms with Gasteiger partial charge in [0.2, 0.25) is 5.91 Å². The number of halogens is 1. The molecule has 2 heterocycles. The molecule has 0 saturated heterocycles. The third-order valence-corrected chi connectivity index (χ3v) is 3.89. The second kappa shape index (κ2) is 13.0. The van der Waals surface area contributed by atoms with Crippen LogP contribution in [-0.2, 0) is 17.6 Å². The molecule has 0 aliphatic carbocycles. The number of guanidine groups is 1. The Balaban J connectivity index is 0.00000364. The van der Waals surface area contributed by atoms with Crippen LogP contribution in [0.25, 0.3) is 0 Å². The standard InChI is InChI=1S/C19H26N6O.HI/c1-20-19(23-13-9-16-7-3-5-11-21-16)24-15-18(26)25(2)14-10-17-8-4-6-12-22-17;/h3-8,11-12H,9-10,13-15H2,1-2H3,(H2,20,23,24);1H. The molecule has 27 heavy (non-hydrogen) atoms. The molecule has 7 nitrogen and oxygen atoms in total. The molecule has 2 aromatic heterocycles. The number of aromatic nitrogens is 2. The summed E-state index contributed by atoms with van der Waals surface area (Å²) in [5.74, 6) is 0.612. The molecule has 1 amide bonds. The van der Waals surface area contributed by atoms with Crippen molar-refractivity contribution in [3.8, 4) is 0 Å². The van der Waals surface area contributed by atoms with Gasteiger partial charge in [0.15, 0.2) is 5.96 Å². The van der Waals surface area contributed by atoms with Crippen LogP contribution in [0.2, 0.25) is 0 Å². The van der Waals surface area contributed by atoms with Crippen molar-refractivity contribution in [2.45, 2.75) is 12.8 Å². The van der Waals surface area contributed by atoms with Gasteiger partial charge in [-0.25, -0.2) is 0 Å². The zero-order valence-corrected chi connectivity index (χ0v) is 18.1. The minimum absolute atomic E-state index is 0. The molecular formula is C19H27IN6O. The lowest BCUT2D eigenvalue weighted by atomic mass is 10.2. The second-order valence-corrected chi connectivity index (χ2v) is 5.81. The van der Waals surface area contributed by atoms with Crippen molar-refractivity contribution < 1.29 is 4.79 Å². The molecule has 0 aliphatic rings. The van der Waals surface area contributed by atoms with Crippen LogP contribution in [-0.4, -0.2) is 60.5 Å². The summed E-state index contributed by atoms with van der Waals surface area (Å²) in [7, 11) is 3.48. The van der Waals surface area contributed by atoms with Gasteiger partial charge in [-0.05, 0) is 24.3 Å². The lowest BCUT2D eigenvalue weighted by Gasteiger charge is -2.18. The number of rotatable bonds is 8. The lowest BCUT2D eigenvalue weighted by Crippen LogP contribution is -2.44. The molecular weight excluding hydrogens is 455 g/mol. The Labute approximate surface area is 177 Å². The van der Waals surface area contributed by atoms with Crippen LogP contribution in [0.4, 0.5) is 0 Å². The summed E-state index contributed by atoms with van der Waals surface area (Å²) in [5.41, 5.74) is 1.99.